The van der Waals surface area contributed by atoms with Crippen LogP contribution in [0.2, 0.25) is 0 Å². The molecule has 0 fully saturated rings. The number of carbonyl (C=O) groups excluding carboxylic acids is 1. The van der Waals surface area contributed by atoms with Crippen LogP contribution >= 0.6 is 11.5 Å². The van der Waals surface area contributed by atoms with E-state index in [-0.39, 0.29) is 25.2 Å². The summed E-state index contributed by atoms with van der Waals surface area (Å²) < 4.78 is 14.1. The molecule has 0 saturated carbocycles. The fraction of sp³-hybridized carbons (Fsp3) is 0.133. The molecule has 12 heteroatoms. The van der Waals surface area contributed by atoms with Crippen LogP contribution in [0.4, 0.5) is 4.79 Å². The normalized spacial score (nSPS) is 10.2. The van der Waals surface area contributed by atoms with E-state index < -0.39 is 6.09 Å². The molecule has 0 radical (unpaired) electrons. The van der Waals surface area contributed by atoms with Gasteiger partial charge in [0.2, 0.25) is 0 Å². The van der Waals surface area contributed by atoms with E-state index in [1.165, 1.54) is 11.5 Å². The average Bonchev–Trinajstić information content (AvgIpc) is 3.18. The topological polar surface area (TPSA) is 164 Å². The van der Waals surface area contributed by atoms with Gasteiger partial charge in [0.1, 0.15) is 18.9 Å². The van der Waals surface area contributed by atoms with Crippen molar-refractivity contribution in [2.75, 3.05) is 0 Å². The van der Waals surface area contributed by atoms with E-state index in [2.05, 4.69) is 29.5 Å². The van der Waals surface area contributed by atoms with Crippen molar-refractivity contribution in [3.8, 4) is 17.3 Å². The number of hydrogen-bond acceptors (Lipinski definition) is 9. The predicted octanol–water partition coefficient (Wildman–Crippen LogP) is 0.879. The Morgan fingerprint density at radius 3 is 2.67 bits per heavy atom. The van der Waals surface area contributed by atoms with Gasteiger partial charge in [-0.3, -0.25) is 0 Å². The van der Waals surface area contributed by atoms with E-state index in [0.29, 0.717) is 22.6 Å². The molecule has 3 aromatic heterocycles. The van der Waals surface area contributed by atoms with Gasteiger partial charge in [-0.05, 0) is 23.7 Å². The number of aromatic nitrogens is 5. The first-order valence-corrected chi connectivity index (χ1v) is 8.37. The summed E-state index contributed by atoms with van der Waals surface area (Å²) in [5, 5.41) is 5.65. The van der Waals surface area contributed by atoms with Gasteiger partial charge in [0.15, 0.2) is 5.96 Å². The van der Waals surface area contributed by atoms with Crippen LogP contribution in [0, 0.1) is 0 Å². The fourth-order valence-corrected chi connectivity index (χ4v) is 2.34. The second-order valence-corrected chi connectivity index (χ2v) is 5.65. The first-order chi connectivity index (χ1) is 13.1. The molecule has 3 aromatic rings. The lowest BCUT2D eigenvalue weighted by molar-refractivity contribution is 0.149. The van der Waals surface area contributed by atoms with Crippen LogP contribution in [0.5, 0.6) is 6.01 Å². The van der Waals surface area contributed by atoms with Crippen molar-refractivity contribution < 1.29 is 14.3 Å². The lowest BCUT2D eigenvalue weighted by Gasteiger charge is -2.06. The highest BCUT2D eigenvalue weighted by molar-refractivity contribution is 7.03. The number of pyridine rings is 1. The van der Waals surface area contributed by atoms with Crippen molar-refractivity contribution in [1.82, 2.24) is 24.5 Å². The third-order valence-corrected chi connectivity index (χ3v) is 3.60. The SMILES string of the molecule is NC(N)=NC(=O)OCc1cccc(-c2cnc(OCc3csnn3)nc2)n1. The largest absolute Gasteiger partial charge is 0.457 e. The number of aliphatic imine (C=N–C) groups is 1. The Hall–Kier alpha value is -3.67. The minimum Gasteiger partial charge on any atom is -0.457 e. The molecule has 0 aliphatic carbocycles. The Kier molecular flexibility index (Phi) is 5.79. The fourth-order valence-electron chi connectivity index (χ4n) is 1.90. The Morgan fingerprint density at radius 1 is 1.15 bits per heavy atom. The lowest BCUT2D eigenvalue weighted by atomic mass is 10.2. The molecule has 0 aliphatic rings. The molecule has 0 bridgehead atoms. The summed E-state index contributed by atoms with van der Waals surface area (Å²) in [6.07, 6.45) is 2.28. The Labute approximate surface area is 157 Å². The third kappa shape index (κ3) is 5.40. The first kappa shape index (κ1) is 18.1. The van der Waals surface area contributed by atoms with Crippen LogP contribution in [0.3, 0.4) is 0 Å². The molecule has 0 atom stereocenters. The first-order valence-electron chi connectivity index (χ1n) is 7.53. The smallest absolute Gasteiger partial charge is 0.437 e. The maximum Gasteiger partial charge on any atom is 0.437 e. The molecular weight excluding hydrogens is 372 g/mol. The number of amides is 1. The number of rotatable bonds is 6. The van der Waals surface area contributed by atoms with Crippen LogP contribution in [-0.2, 0) is 18.0 Å². The van der Waals surface area contributed by atoms with Crippen LogP contribution < -0.4 is 16.2 Å². The zero-order valence-electron chi connectivity index (χ0n) is 13.8. The molecule has 1 amide bonds. The molecular formula is C15H14N8O3S. The van der Waals surface area contributed by atoms with E-state index in [1.807, 2.05) is 0 Å². The summed E-state index contributed by atoms with van der Waals surface area (Å²) >= 11 is 1.24. The minimum atomic E-state index is -0.887. The van der Waals surface area contributed by atoms with Crippen molar-refractivity contribution >= 4 is 23.6 Å². The van der Waals surface area contributed by atoms with Gasteiger partial charge >= 0.3 is 12.1 Å². The van der Waals surface area contributed by atoms with Gasteiger partial charge in [-0.1, -0.05) is 10.6 Å². The van der Waals surface area contributed by atoms with E-state index >= 15 is 0 Å². The minimum absolute atomic E-state index is 0.0762. The standard InChI is InChI=1S/C15H14N8O3S/c16-13(17)21-15(24)26-6-10-2-1-3-12(20-10)9-4-18-14(19-5-9)25-7-11-8-27-23-22-11/h1-5,8H,6-7H2,(H4,16,17,21,24). The number of ether oxygens (including phenoxy) is 2. The molecule has 3 heterocycles. The van der Waals surface area contributed by atoms with E-state index in [0.717, 1.165) is 0 Å². The second-order valence-electron chi connectivity index (χ2n) is 5.04. The summed E-state index contributed by atoms with van der Waals surface area (Å²) in [5.41, 5.74) is 12.7. The summed E-state index contributed by atoms with van der Waals surface area (Å²) in [6.45, 7) is 0.165. The molecule has 27 heavy (non-hydrogen) atoms. The van der Waals surface area contributed by atoms with Gasteiger partial charge in [-0.2, -0.15) is 0 Å². The average molecular weight is 386 g/mol. The van der Waals surface area contributed by atoms with Crippen LogP contribution in [0.1, 0.15) is 11.4 Å². The van der Waals surface area contributed by atoms with E-state index in [1.54, 1.807) is 36.0 Å². The molecule has 0 aliphatic heterocycles. The molecule has 0 unspecified atom stereocenters. The van der Waals surface area contributed by atoms with Crippen LogP contribution in [-0.4, -0.2) is 36.6 Å². The van der Waals surface area contributed by atoms with Crippen molar-refractivity contribution in [2.45, 2.75) is 13.2 Å². The monoisotopic (exact) mass is 386 g/mol. The second kappa shape index (κ2) is 8.62. The van der Waals surface area contributed by atoms with E-state index in [4.69, 9.17) is 20.9 Å². The summed E-state index contributed by atoms with van der Waals surface area (Å²) in [4.78, 5) is 27.3. The Morgan fingerprint density at radius 2 is 1.96 bits per heavy atom. The molecule has 0 saturated heterocycles. The highest BCUT2D eigenvalue weighted by Crippen LogP contribution is 2.17. The van der Waals surface area contributed by atoms with Gasteiger partial charge in [0.05, 0.1) is 11.4 Å². The highest BCUT2D eigenvalue weighted by Gasteiger charge is 2.07. The van der Waals surface area contributed by atoms with Crippen LogP contribution in [0.15, 0.2) is 41.0 Å². The van der Waals surface area contributed by atoms with Crippen molar-refractivity contribution in [1.29, 1.82) is 0 Å². The molecule has 0 aromatic carbocycles. The zero-order chi connectivity index (χ0) is 19.1. The number of carbonyl (C=O) groups is 1. The van der Waals surface area contributed by atoms with Gasteiger partial charge < -0.3 is 20.9 Å². The van der Waals surface area contributed by atoms with Crippen molar-refractivity contribution in [3.05, 3.63) is 47.4 Å². The third-order valence-electron chi connectivity index (χ3n) is 3.05. The maximum atomic E-state index is 11.3. The van der Waals surface area contributed by atoms with Crippen LogP contribution in [0.25, 0.3) is 11.3 Å². The predicted molar refractivity (Wildman–Crippen MR) is 95.5 cm³/mol. The Bertz CT molecular complexity index is 926. The lowest BCUT2D eigenvalue weighted by Crippen LogP contribution is -2.24. The Balaban J connectivity index is 1.62. The van der Waals surface area contributed by atoms with Crippen molar-refractivity contribution in [2.24, 2.45) is 16.5 Å². The number of nitrogens with two attached hydrogens (primary N) is 2. The van der Waals surface area contributed by atoms with Gasteiger partial charge in [-0.25, -0.2) is 19.7 Å². The number of hydrogen-bond donors (Lipinski definition) is 2. The molecule has 3 rings (SSSR count). The quantitative estimate of drug-likeness (QED) is 0.459. The molecule has 0 spiro atoms. The van der Waals surface area contributed by atoms with Gasteiger partial charge in [0, 0.05) is 23.3 Å². The molecule has 4 N–H and O–H groups in total. The summed E-state index contributed by atoms with van der Waals surface area (Å²) in [6, 6.07) is 5.47. The van der Waals surface area contributed by atoms with Gasteiger partial charge in [0.25, 0.3) is 0 Å². The highest BCUT2D eigenvalue weighted by atomic mass is 32.1. The molecule has 138 valence electrons. The summed E-state index contributed by atoms with van der Waals surface area (Å²) in [5.74, 6) is -0.368. The number of guanidine groups is 1. The maximum absolute atomic E-state index is 11.3. The summed E-state index contributed by atoms with van der Waals surface area (Å²) in [7, 11) is 0. The zero-order valence-corrected chi connectivity index (χ0v) is 14.7. The molecule has 11 nitrogen and oxygen atoms in total. The van der Waals surface area contributed by atoms with Gasteiger partial charge in [-0.15, -0.1) is 10.1 Å². The van der Waals surface area contributed by atoms with Crippen molar-refractivity contribution in [3.63, 3.8) is 0 Å². The number of nitrogens with zero attached hydrogens (tertiary/aromatic N) is 6. The van der Waals surface area contributed by atoms with E-state index in [9.17, 15) is 4.79 Å².